The van der Waals surface area contributed by atoms with Crippen molar-refractivity contribution in [2.75, 3.05) is 5.32 Å². The molecule has 1 aliphatic carbocycles. The molecule has 2 aromatic rings. The van der Waals surface area contributed by atoms with Gasteiger partial charge in [0.25, 0.3) is 0 Å². The summed E-state index contributed by atoms with van der Waals surface area (Å²) in [5.74, 6) is 0.848. The fourth-order valence-corrected chi connectivity index (χ4v) is 3.91. The van der Waals surface area contributed by atoms with Gasteiger partial charge in [0, 0.05) is 18.1 Å². The molecule has 0 spiro atoms. The maximum atomic E-state index is 6.93. The van der Waals surface area contributed by atoms with Crippen molar-refractivity contribution in [3.8, 4) is 0 Å². The molecule has 1 aliphatic rings. The first-order chi connectivity index (χ1) is 13.2. The Kier molecular flexibility index (Phi) is 6.89. The smallest absolute Gasteiger partial charge is 0.0629 e. The second kappa shape index (κ2) is 9.57. The third kappa shape index (κ3) is 5.11. The third-order valence-electron chi connectivity index (χ3n) is 5.20. The van der Waals surface area contributed by atoms with Gasteiger partial charge in [0.05, 0.1) is 10.7 Å². The highest BCUT2D eigenvalue weighted by Crippen LogP contribution is 2.38. The Balaban J connectivity index is 1.94. The average Bonchev–Trinajstić information content (AvgIpc) is 2.82. The molecular weight excluding hydrogens is 352 g/mol. The fraction of sp³-hybridized carbons (Fsp3) is 0.292. The lowest BCUT2D eigenvalue weighted by molar-refractivity contribution is 0.495. The number of benzene rings is 2. The van der Waals surface area contributed by atoms with Gasteiger partial charge in [-0.3, -0.25) is 4.99 Å². The van der Waals surface area contributed by atoms with E-state index in [0.29, 0.717) is 11.8 Å². The van der Waals surface area contributed by atoms with E-state index in [2.05, 4.69) is 42.5 Å². The highest BCUT2D eigenvalue weighted by Gasteiger charge is 2.25. The summed E-state index contributed by atoms with van der Waals surface area (Å²) >= 11 is 6.93. The lowest BCUT2D eigenvalue weighted by Crippen LogP contribution is -2.04. The Bertz CT molecular complexity index is 822. The lowest BCUT2D eigenvalue weighted by atomic mass is 9.92. The van der Waals surface area contributed by atoms with Crippen LogP contribution in [0.15, 0.2) is 88.0 Å². The van der Waals surface area contributed by atoms with E-state index in [4.69, 9.17) is 11.6 Å². The first-order valence-corrected chi connectivity index (χ1v) is 10.1. The van der Waals surface area contributed by atoms with Gasteiger partial charge in [-0.05, 0) is 66.5 Å². The van der Waals surface area contributed by atoms with Crippen molar-refractivity contribution in [3.63, 3.8) is 0 Å². The Hall–Kier alpha value is -2.32. The number of hydrogen-bond acceptors (Lipinski definition) is 2. The molecule has 2 aromatic carbocycles. The van der Waals surface area contributed by atoms with Gasteiger partial charge in [0.1, 0.15) is 0 Å². The largest absolute Gasteiger partial charge is 0.361 e. The minimum absolute atomic E-state index is 0.408. The zero-order chi connectivity index (χ0) is 19.1. The van der Waals surface area contributed by atoms with Crippen LogP contribution >= 0.6 is 11.6 Å². The van der Waals surface area contributed by atoms with Crippen LogP contribution < -0.4 is 5.32 Å². The van der Waals surface area contributed by atoms with Gasteiger partial charge in [0.15, 0.2) is 0 Å². The molecule has 27 heavy (non-hydrogen) atoms. The molecule has 0 heterocycles. The normalized spacial score (nSPS) is 22.3. The van der Waals surface area contributed by atoms with E-state index in [1.165, 1.54) is 0 Å². The molecule has 3 rings (SSSR count). The van der Waals surface area contributed by atoms with E-state index < -0.39 is 0 Å². The SMILES string of the molecule is CCC1CCC(C)/C(=C\Nc2ccccc2)C(Cl)=C1/C=N/c1ccccc1. The summed E-state index contributed by atoms with van der Waals surface area (Å²) in [6.45, 7) is 4.48. The number of aliphatic imine (C=N–C) groups is 1. The first-order valence-electron chi connectivity index (χ1n) is 9.69. The van der Waals surface area contributed by atoms with E-state index in [0.717, 1.165) is 46.8 Å². The molecular formula is C24H27ClN2. The lowest BCUT2D eigenvalue weighted by Gasteiger charge is -2.15. The second-order valence-corrected chi connectivity index (χ2v) is 7.43. The first kappa shape index (κ1) is 19.4. The van der Waals surface area contributed by atoms with Crippen LogP contribution in [0.2, 0.25) is 0 Å². The van der Waals surface area contributed by atoms with Gasteiger partial charge in [-0.25, -0.2) is 0 Å². The molecule has 0 saturated carbocycles. The summed E-state index contributed by atoms with van der Waals surface area (Å²) in [6.07, 6.45) is 7.36. The summed E-state index contributed by atoms with van der Waals surface area (Å²) in [6, 6.07) is 20.2. The summed E-state index contributed by atoms with van der Waals surface area (Å²) in [7, 11) is 0. The average molecular weight is 379 g/mol. The van der Waals surface area contributed by atoms with Crippen LogP contribution in [0.3, 0.4) is 0 Å². The molecule has 3 heteroatoms. The van der Waals surface area contributed by atoms with Gasteiger partial charge in [0.2, 0.25) is 0 Å². The molecule has 0 aliphatic heterocycles. The molecule has 0 amide bonds. The van der Waals surface area contributed by atoms with Gasteiger partial charge >= 0.3 is 0 Å². The van der Waals surface area contributed by atoms with E-state index in [-0.39, 0.29) is 0 Å². The Labute approximate surface area is 167 Å². The molecule has 140 valence electrons. The third-order valence-corrected chi connectivity index (χ3v) is 5.63. The quantitative estimate of drug-likeness (QED) is 0.541. The van der Waals surface area contributed by atoms with Crippen LogP contribution in [-0.2, 0) is 0 Å². The number of rotatable bonds is 5. The molecule has 2 unspecified atom stereocenters. The summed E-state index contributed by atoms with van der Waals surface area (Å²) in [4.78, 5) is 4.68. The fourth-order valence-electron chi connectivity index (χ4n) is 3.47. The van der Waals surface area contributed by atoms with Crippen molar-refractivity contribution in [2.45, 2.75) is 33.1 Å². The summed E-state index contributed by atoms with van der Waals surface area (Å²) < 4.78 is 0. The number of para-hydroxylation sites is 2. The van der Waals surface area contributed by atoms with Crippen molar-refractivity contribution < 1.29 is 0 Å². The number of nitrogens with one attached hydrogen (secondary N) is 1. The molecule has 0 aromatic heterocycles. The molecule has 0 bridgehead atoms. The Morgan fingerprint density at radius 1 is 1.04 bits per heavy atom. The number of halogens is 1. The van der Waals surface area contributed by atoms with Crippen LogP contribution in [-0.4, -0.2) is 6.21 Å². The predicted molar refractivity (Wildman–Crippen MR) is 118 cm³/mol. The maximum Gasteiger partial charge on any atom is 0.0629 e. The van der Waals surface area contributed by atoms with Gasteiger partial charge in [-0.1, -0.05) is 61.8 Å². The Morgan fingerprint density at radius 3 is 2.37 bits per heavy atom. The van der Waals surface area contributed by atoms with Crippen molar-refractivity contribution in [1.82, 2.24) is 0 Å². The van der Waals surface area contributed by atoms with Crippen LogP contribution in [0.25, 0.3) is 0 Å². The van der Waals surface area contributed by atoms with Crippen molar-refractivity contribution in [2.24, 2.45) is 16.8 Å². The molecule has 0 saturated heterocycles. The standard InChI is InChI=1S/C24H27ClN2/c1-3-19-15-14-18(2)22(16-26-20-10-6-4-7-11-20)24(25)23(19)17-27-21-12-8-5-9-13-21/h4-13,16-19,26H,3,14-15H2,1-2H3/b22-16+,27-17+. The maximum absolute atomic E-state index is 6.93. The molecule has 1 N–H and O–H groups in total. The van der Waals surface area contributed by atoms with Crippen LogP contribution in [0.1, 0.15) is 33.1 Å². The van der Waals surface area contributed by atoms with E-state index in [1.54, 1.807) is 0 Å². The number of nitrogens with zero attached hydrogens (tertiary/aromatic N) is 1. The topological polar surface area (TPSA) is 24.4 Å². The van der Waals surface area contributed by atoms with Gasteiger partial charge < -0.3 is 5.32 Å². The van der Waals surface area contributed by atoms with Gasteiger partial charge in [-0.15, -0.1) is 0 Å². The van der Waals surface area contributed by atoms with Crippen LogP contribution in [0, 0.1) is 11.8 Å². The summed E-state index contributed by atoms with van der Waals surface area (Å²) in [5.41, 5.74) is 4.33. The number of anilines is 1. The van der Waals surface area contributed by atoms with E-state index in [9.17, 15) is 0 Å². The zero-order valence-corrected chi connectivity index (χ0v) is 16.8. The van der Waals surface area contributed by atoms with Crippen LogP contribution in [0.5, 0.6) is 0 Å². The van der Waals surface area contributed by atoms with Crippen molar-refractivity contribution in [3.05, 3.63) is 83.0 Å². The number of hydrogen-bond donors (Lipinski definition) is 1. The minimum atomic E-state index is 0.408. The summed E-state index contributed by atoms with van der Waals surface area (Å²) in [5, 5.41) is 4.25. The number of allylic oxidation sites excluding steroid dienone is 3. The van der Waals surface area contributed by atoms with E-state index >= 15 is 0 Å². The minimum Gasteiger partial charge on any atom is -0.361 e. The second-order valence-electron chi connectivity index (χ2n) is 7.06. The van der Waals surface area contributed by atoms with Crippen molar-refractivity contribution in [1.29, 1.82) is 0 Å². The highest BCUT2D eigenvalue weighted by atomic mass is 35.5. The molecule has 2 nitrogen and oxygen atoms in total. The predicted octanol–water partition coefficient (Wildman–Crippen LogP) is 7.33. The molecule has 2 atom stereocenters. The zero-order valence-electron chi connectivity index (χ0n) is 16.0. The van der Waals surface area contributed by atoms with Crippen LogP contribution in [0.4, 0.5) is 11.4 Å². The molecule has 0 fully saturated rings. The van der Waals surface area contributed by atoms with Gasteiger partial charge in [-0.2, -0.15) is 0 Å². The molecule has 0 radical (unpaired) electrons. The monoisotopic (exact) mass is 378 g/mol. The highest BCUT2D eigenvalue weighted by molar-refractivity contribution is 6.33. The van der Waals surface area contributed by atoms with Crippen molar-refractivity contribution >= 4 is 29.2 Å². The Morgan fingerprint density at radius 2 is 1.70 bits per heavy atom. The van der Waals surface area contributed by atoms with E-state index in [1.807, 2.05) is 54.7 Å².